The van der Waals surface area contributed by atoms with E-state index in [1.54, 1.807) is 30.3 Å². The summed E-state index contributed by atoms with van der Waals surface area (Å²) in [4.78, 5) is 12.3. The van der Waals surface area contributed by atoms with Gasteiger partial charge in [-0.3, -0.25) is 0 Å². The molecule has 0 bridgehead atoms. The van der Waals surface area contributed by atoms with Crippen LogP contribution in [0.1, 0.15) is 16.1 Å². The number of para-hydroxylation sites is 1. The number of hydrogen-bond acceptors (Lipinski definition) is 6. The van der Waals surface area contributed by atoms with Gasteiger partial charge >= 0.3 is 5.97 Å². The number of fused-ring (bicyclic) bond motifs is 1. The van der Waals surface area contributed by atoms with Crippen LogP contribution < -0.4 is 14.2 Å². The van der Waals surface area contributed by atoms with Gasteiger partial charge in [-0.15, -0.1) is 0 Å². The molecule has 2 heterocycles. The van der Waals surface area contributed by atoms with E-state index in [0.717, 1.165) is 11.1 Å². The standard InChI is InChI=1S/C19H15NO5/c1-12-4-2-3-5-15(12)24-19(21)14-11-17(25-20-14)13-6-7-16-18(10-13)23-9-8-22-16/h2-7,10-11H,8-9H2,1H3. The Kier molecular flexibility index (Phi) is 3.85. The summed E-state index contributed by atoms with van der Waals surface area (Å²) in [5.41, 5.74) is 1.71. The normalized spacial score (nSPS) is 12.7. The van der Waals surface area contributed by atoms with Crippen LogP contribution in [0.5, 0.6) is 17.2 Å². The lowest BCUT2D eigenvalue weighted by molar-refractivity contribution is 0.0723. The number of ether oxygens (including phenoxy) is 3. The van der Waals surface area contributed by atoms with Crippen molar-refractivity contribution in [2.24, 2.45) is 0 Å². The zero-order chi connectivity index (χ0) is 17.2. The van der Waals surface area contributed by atoms with Gasteiger partial charge in [-0.05, 0) is 36.8 Å². The predicted molar refractivity (Wildman–Crippen MR) is 89.1 cm³/mol. The van der Waals surface area contributed by atoms with Gasteiger partial charge in [0.2, 0.25) is 0 Å². The maximum Gasteiger partial charge on any atom is 0.365 e. The third-order valence-electron chi connectivity index (χ3n) is 3.84. The Labute approximate surface area is 143 Å². The first-order chi connectivity index (χ1) is 12.2. The number of carbonyl (C=O) groups excluding carboxylic acids is 1. The van der Waals surface area contributed by atoms with Crippen molar-refractivity contribution in [1.29, 1.82) is 0 Å². The molecule has 0 spiro atoms. The molecule has 0 saturated heterocycles. The predicted octanol–water partition coefficient (Wildman–Crippen LogP) is 3.64. The summed E-state index contributed by atoms with van der Waals surface area (Å²) in [7, 11) is 0. The van der Waals surface area contributed by atoms with Crippen LogP contribution in [0, 0.1) is 6.92 Å². The highest BCUT2D eigenvalue weighted by Crippen LogP contribution is 2.34. The fourth-order valence-corrected chi connectivity index (χ4v) is 2.53. The van der Waals surface area contributed by atoms with Gasteiger partial charge < -0.3 is 18.7 Å². The number of nitrogens with zero attached hydrogens (tertiary/aromatic N) is 1. The number of benzene rings is 2. The summed E-state index contributed by atoms with van der Waals surface area (Å²) >= 11 is 0. The monoisotopic (exact) mass is 337 g/mol. The lowest BCUT2D eigenvalue weighted by atomic mass is 10.1. The van der Waals surface area contributed by atoms with Crippen molar-refractivity contribution in [2.75, 3.05) is 13.2 Å². The third-order valence-corrected chi connectivity index (χ3v) is 3.84. The Morgan fingerprint density at radius 1 is 1.04 bits per heavy atom. The number of aryl methyl sites for hydroxylation is 1. The van der Waals surface area contributed by atoms with Gasteiger partial charge in [0, 0.05) is 11.6 Å². The second-order valence-electron chi connectivity index (χ2n) is 5.59. The van der Waals surface area contributed by atoms with Crippen LogP contribution in [-0.2, 0) is 0 Å². The van der Waals surface area contributed by atoms with Crippen LogP contribution in [0.2, 0.25) is 0 Å². The molecule has 0 fully saturated rings. The molecule has 0 radical (unpaired) electrons. The zero-order valence-corrected chi connectivity index (χ0v) is 13.5. The van der Waals surface area contributed by atoms with E-state index < -0.39 is 5.97 Å². The molecule has 6 heteroatoms. The average molecular weight is 337 g/mol. The van der Waals surface area contributed by atoms with Crippen molar-refractivity contribution in [3.63, 3.8) is 0 Å². The van der Waals surface area contributed by atoms with E-state index in [9.17, 15) is 4.79 Å². The molecule has 2 aromatic carbocycles. The number of esters is 1. The van der Waals surface area contributed by atoms with E-state index in [0.29, 0.717) is 36.2 Å². The molecule has 0 atom stereocenters. The minimum Gasteiger partial charge on any atom is -0.486 e. The van der Waals surface area contributed by atoms with Crippen LogP contribution in [-0.4, -0.2) is 24.3 Å². The lowest BCUT2D eigenvalue weighted by Crippen LogP contribution is -2.15. The van der Waals surface area contributed by atoms with Gasteiger partial charge in [0.05, 0.1) is 0 Å². The molecule has 126 valence electrons. The highest BCUT2D eigenvalue weighted by molar-refractivity contribution is 5.90. The van der Waals surface area contributed by atoms with Gasteiger partial charge in [0.1, 0.15) is 19.0 Å². The zero-order valence-electron chi connectivity index (χ0n) is 13.5. The van der Waals surface area contributed by atoms with Crippen LogP contribution in [0.15, 0.2) is 53.1 Å². The lowest BCUT2D eigenvalue weighted by Gasteiger charge is -2.18. The van der Waals surface area contributed by atoms with Crippen molar-refractivity contribution in [3.05, 3.63) is 59.8 Å². The van der Waals surface area contributed by atoms with Crippen molar-refractivity contribution in [3.8, 4) is 28.6 Å². The second kappa shape index (κ2) is 6.32. The maximum absolute atomic E-state index is 12.3. The first-order valence-corrected chi connectivity index (χ1v) is 7.85. The van der Waals surface area contributed by atoms with Crippen molar-refractivity contribution in [1.82, 2.24) is 5.16 Å². The van der Waals surface area contributed by atoms with Crippen LogP contribution in [0.3, 0.4) is 0 Å². The van der Waals surface area contributed by atoms with Gasteiger partial charge in [0.25, 0.3) is 0 Å². The molecule has 1 aromatic heterocycles. The average Bonchev–Trinajstić information content (AvgIpc) is 3.13. The van der Waals surface area contributed by atoms with Crippen molar-refractivity contribution >= 4 is 5.97 Å². The molecule has 0 N–H and O–H groups in total. The molecule has 0 amide bonds. The number of carbonyl (C=O) groups is 1. The van der Waals surface area contributed by atoms with E-state index >= 15 is 0 Å². The summed E-state index contributed by atoms with van der Waals surface area (Å²) in [5, 5.41) is 3.81. The summed E-state index contributed by atoms with van der Waals surface area (Å²) in [5.74, 6) is 1.71. The molecule has 3 aromatic rings. The Hall–Kier alpha value is -3.28. The molecular weight excluding hydrogens is 322 g/mol. The fourth-order valence-electron chi connectivity index (χ4n) is 2.53. The first-order valence-electron chi connectivity index (χ1n) is 7.85. The highest BCUT2D eigenvalue weighted by Gasteiger charge is 2.19. The quantitative estimate of drug-likeness (QED) is 0.537. The maximum atomic E-state index is 12.3. The summed E-state index contributed by atoms with van der Waals surface area (Å²) in [6.07, 6.45) is 0. The SMILES string of the molecule is Cc1ccccc1OC(=O)c1cc(-c2ccc3c(c2)OCCO3)on1. The Morgan fingerprint density at radius 2 is 1.84 bits per heavy atom. The fraction of sp³-hybridized carbons (Fsp3) is 0.158. The molecular formula is C19H15NO5. The van der Waals surface area contributed by atoms with E-state index in [4.69, 9.17) is 18.7 Å². The van der Waals surface area contributed by atoms with E-state index in [-0.39, 0.29) is 5.69 Å². The van der Waals surface area contributed by atoms with Gasteiger partial charge in [-0.25, -0.2) is 4.79 Å². The molecule has 0 unspecified atom stereocenters. The molecule has 4 rings (SSSR count). The Bertz CT molecular complexity index is 931. The largest absolute Gasteiger partial charge is 0.486 e. The van der Waals surface area contributed by atoms with Gasteiger partial charge in [-0.1, -0.05) is 23.4 Å². The number of rotatable bonds is 3. The van der Waals surface area contributed by atoms with E-state index in [1.807, 2.05) is 25.1 Å². The van der Waals surface area contributed by atoms with Crippen LogP contribution in [0.25, 0.3) is 11.3 Å². The number of aromatic nitrogens is 1. The molecule has 6 nitrogen and oxygen atoms in total. The third kappa shape index (κ3) is 3.06. The minimum atomic E-state index is -0.568. The minimum absolute atomic E-state index is 0.105. The molecule has 1 aliphatic heterocycles. The molecule has 1 aliphatic rings. The van der Waals surface area contributed by atoms with Crippen LogP contribution >= 0.6 is 0 Å². The van der Waals surface area contributed by atoms with Gasteiger partial charge in [0.15, 0.2) is 23.0 Å². The van der Waals surface area contributed by atoms with E-state index in [2.05, 4.69) is 5.16 Å². The first kappa shape index (κ1) is 15.3. The van der Waals surface area contributed by atoms with Gasteiger partial charge in [-0.2, -0.15) is 0 Å². The van der Waals surface area contributed by atoms with Crippen LogP contribution in [0.4, 0.5) is 0 Å². The molecule has 0 saturated carbocycles. The topological polar surface area (TPSA) is 70.8 Å². The summed E-state index contributed by atoms with van der Waals surface area (Å²) in [6, 6.07) is 14.3. The highest BCUT2D eigenvalue weighted by atomic mass is 16.6. The summed E-state index contributed by atoms with van der Waals surface area (Å²) in [6.45, 7) is 2.90. The molecule has 25 heavy (non-hydrogen) atoms. The smallest absolute Gasteiger partial charge is 0.365 e. The number of hydrogen-bond donors (Lipinski definition) is 0. The van der Waals surface area contributed by atoms with Crippen molar-refractivity contribution in [2.45, 2.75) is 6.92 Å². The van der Waals surface area contributed by atoms with Crippen molar-refractivity contribution < 1.29 is 23.5 Å². The summed E-state index contributed by atoms with van der Waals surface area (Å²) < 4.78 is 21.7. The molecule has 0 aliphatic carbocycles. The van der Waals surface area contributed by atoms with E-state index in [1.165, 1.54) is 0 Å². The Balaban J connectivity index is 1.56. The second-order valence-corrected chi connectivity index (χ2v) is 5.59. The Morgan fingerprint density at radius 3 is 2.68 bits per heavy atom.